The van der Waals surface area contributed by atoms with Gasteiger partial charge in [0.25, 0.3) is 0 Å². The number of hydrogen-bond acceptors (Lipinski definition) is 3. The molecule has 0 saturated carbocycles. The second-order valence-corrected chi connectivity index (χ2v) is 4.87. The summed E-state index contributed by atoms with van der Waals surface area (Å²) >= 11 is 0. The lowest BCUT2D eigenvalue weighted by Crippen LogP contribution is -2.44. The number of hydrogen-bond donors (Lipinski definition) is 1. The largest absolute Gasteiger partial charge is 0.496 e. The minimum absolute atomic E-state index is 0.122. The van der Waals surface area contributed by atoms with Gasteiger partial charge in [-0.25, -0.2) is 0 Å². The predicted octanol–water partition coefficient (Wildman–Crippen LogP) is 2.16. The molecule has 0 aromatic heterocycles. The van der Waals surface area contributed by atoms with Crippen molar-refractivity contribution in [2.75, 3.05) is 39.8 Å². The summed E-state index contributed by atoms with van der Waals surface area (Å²) in [5.41, 5.74) is -0.00512. The minimum Gasteiger partial charge on any atom is -0.496 e. The molecule has 20 heavy (non-hydrogen) atoms. The number of nitrogens with one attached hydrogen (secondary N) is 1. The molecule has 1 N–H and O–H groups in total. The average Bonchev–Trinajstić information content (AvgIpc) is 2.45. The molecular formula is C14H19F3N2O. The van der Waals surface area contributed by atoms with Crippen LogP contribution in [-0.4, -0.2) is 44.7 Å². The fourth-order valence-corrected chi connectivity index (χ4v) is 2.35. The van der Waals surface area contributed by atoms with Gasteiger partial charge in [-0.2, -0.15) is 13.2 Å². The van der Waals surface area contributed by atoms with Gasteiger partial charge in [-0.1, -0.05) is 6.07 Å². The van der Waals surface area contributed by atoms with Crippen molar-refractivity contribution < 1.29 is 17.9 Å². The number of piperazine rings is 1. The van der Waals surface area contributed by atoms with E-state index in [1.54, 1.807) is 6.07 Å². The summed E-state index contributed by atoms with van der Waals surface area (Å²) in [5, 5.41) is 3.25. The van der Waals surface area contributed by atoms with Crippen LogP contribution in [0.4, 0.5) is 13.2 Å². The maximum absolute atomic E-state index is 12.9. The molecule has 112 valence electrons. The van der Waals surface area contributed by atoms with Crippen LogP contribution in [0.25, 0.3) is 0 Å². The molecule has 0 amide bonds. The first-order chi connectivity index (χ1) is 9.50. The molecule has 0 atom stereocenters. The van der Waals surface area contributed by atoms with E-state index in [1.165, 1.54) is 19.2 Å². The number of ether oxygens (including phenoxy) is 1. The summed E-state index contributed by atoms with van der Waals surface area (Å²) < 4.78 is 43.5. The molecule has 0 bridgehead atoms. The van der Waals surface area contributed by atoms with E-state index in [0.29, 0.717) is 12.0 Å². The number of alkyl halides is 3. The van der Waals surface area contributed by atoms with Crippen LogP contribution in [0.3, 0.4) is 0 Å². The molecule has 0 spiro atoms. The molecule has 1 fully saturated rings. The Hall–Kier alpha value is -1.27. The zero-order valence-corrected chi connectivity index (χ0v) is 11.5. The van der Waals surface area contributed by atoms with E-state index in [4.69, 9.17) is 4.74 Å². The van der Waals surface area contributed by atoms with Gasteiger partial charge >= 0.3 is 6.18 Å². The van der Waals surface area contributed by atoms with Crippen LogP contribution in [0, 0.1) is 0 Å². The molecule has 1 aromatic rings. The highest BCUT2D eigenvalue weighted by Crippen LogP contribution is 2.36. The highest BCUT2D eigenvalue weighted by Gasteiger charge is 2.34. The molecule has 0 unspecified atom stereocenters. The van der Waals surface area contributed by atoms with Crippen molar-refractivity contribution in [1.82, 2.24) is 10.2 Å². The summed E-state index contributed by atoms with van der Waals surface area (Å²) in [4.78, 5) is 2.26. The maximum Gasteiger partial charge on any atom is 0.419 e. The molecule has 1 heterocycles. The van der Waals surface area contributed by atoms with Crippen molar-refractivity contribution in [3.05, 3.63) is 29.3 Å². The standard InChI is InChI=1S/C14H19F3N2O/c1-20-13-3-2-11(10-12(13)14(15,16)17)4-7-19-8-5-18-6-9-19/h2-3,10,18H,4-9H2,1H3. The van der Waals surface area contributed by atoms with Crippen LogP contribution < -0.4 is 10.1 Å². The van der Waals surface area contributed by atoms with Gasteiger partial charge in [0.15, 0.2) is 0 Å². The fraction of sp³-hybridized carbons (Fsp3) is 0.571. The van der Waals surface area contributed by atoms with E-state index in [9.17, 15) is 13.2 Å². The molecule has 1 aliphatic heterocycles. The molecule has 2 rings (SSSR count). The van der Waals surface area contributed by atoms with E-state index in [1.807, 2.05) is 0 Å². The van der Waals surface area contributed by atoms with Gasteiger partial charge in [-0.05, 0) is 24.1 Å². The molecular weight excluding hydrogens is 269 g/mol. The maximum atomic E-state index is 12.9. The Kier molecular flexibility index (Phi) is 4.88. The highest BCUT2D eigenvalue weighted by molar-refractivity contribution is 5.39. The van der Waals surface area contributed by atoms with Gasteiger partial charge in [-0.15, -0.1) is 0 Å². The Morgan fingerprint density at radius 3 is 2.55 bits per heavy atom. The average molecular weight is 288 g/mol. The van der Waals surface area contributed by atoms with E-state index in [2.05, 4.69) is 10.2 Å². The second kappa shape index (κ2) is 6.45. The smallest absolute Gasteiger partial charge is 0.419 e. The molecule has 1 aromatic carbocycles. The molecule has 3 nitrogen and oxygen atoms in total. The Labute approximate surface area is 116 Å². The zero-order chi connectivity index (χ0) is 14.6. The first-order valence-corrected chi connectivity index (χ1v) is 6.68. The molecule has 1 aliphatic rings. The first kappa shape index (κ1) is 15.1. The lowest BCUT2D eigenvalue weighted by Gasteiger charge is -2.27. The lowest BCUT2D eigenvalue weighted by molar-refractivity contribution is -0.138. The second-order valence-electron chi connectivity index (χ2n) is 4.87. The highest BCUT2D eigenvalue weighted by atomic mass is 19.4. The van der Waals surface area contributed by atoms with Crippen LogP contribution in [-0.2, 0) is 12.6 Å². The molecule has 0 radical (unpaired) electrons. The van der Waals surface area contributed by atoms with Crippen LogP contribution in [0.2, 0.25) is 0 Å². The van der Waals surface area contributed by atoms with Gasteiger partial charge in [0, 0.05) is 32.7 Å². The van der Waals surface area contributed by atoms with Crippen molar-refractivity contribution in [3.8, 4) is 5.75 Å². The molecule has 6 heteroatoms. The summed E-state index contributed by atoms with van der Waals surface area (Å²) in [6.45, 7) is 4.56. The third-order valence-corrected chi connectivity index (χ3v) is 3.50. The lowest BCUT2D eigenvalue weighted by atomic mass is 10.1. The van der Waals surface area contributed by atoms with E-state index >= 15 is 0 Å². The topological polar surface area (TPSA) is 24.5 Å². The van der Waals surface area contributed by atoms with Crippen LogP contribution >= 0.6 is 0 Å². The number of benzene rings is 1. The van der Waals surface area contributed by atoms with Crippen molar-refractivity contribution in [2.45, 2.75) is 12.6 Å². The van der Waals surface area contributed by atoms with Gasteiger partial charge < -0.3 is 15.0 Å². The van der Waals surface area contributed by atoms with Gasteiger partial charge in [0.1, 0.15) is 5.75 Å². The molecule has 1 saturated heterocycles. The van der Waals surface area contributed by atoms with Crippen molar-refractivity contribution in [1.29, 1.82) is 0 Å². The third-order valence-electron chi connectivity index (χ3n) is 3.50. The zero-order valence-electron chi connectivity index (χ0n) is 11.5. The SMILES string of the molecule is COc1ccc(CCN2CCNCC2)cc1C(F)(F)F. The summed E-state index contributed by atoms with van der Waals surface area (Å²) in [7, 11) is 1.25. The van der Waals surface area contributed by atoms with E-state index < -0.39 is 11.7 Å². The summed E-state index contributed by atoms with van der Waals surface area (Å²) in [5.74, 6) is -0.122. The van der Waals surface area contributed by atoms with Crippen LogP contribution in [0.15, 0.2) is 18.2 Å². The minimum atomic E-state index is -4.38. The number of halogens is 3. The van der Waals surface area contributed by atoms with Crippen molar-refractivity contribution in [3.63, 3.8) is 0 Å². The van der Waals surface area contributed by atoms with Crippen LogP contribution in [0.5, 0.6) is 5.75 Å². The Morgan fingerprint density at radius 2 is 1.95 bits per heavy atom. The summed E-state index contributed by atoms with van der Waals surface area (Å²) in [6.07, 6.45) is -3.76. The predicted molar refractivity (Wildman–Crippen MR) is 71.0 cm³/mol. The number of rotatable bonds is 4. The van der Waals surface area contributed by atoms with Gasteiger partial charge in [0.2, 0.25) is 0 Å². The fourth-order valence-electron chi connectivity index (χ4n) is 2.35. The van der Waals surface area contributed by atoms with Crippen LogP contribution in [0.1, 0.15) is 11.1 Å². The van der Waals surface area contributed by atoms with E-state index in [-0.39, 0.29) is 5.75 Å². The quantitative estimate of drug-likeness (QED) is 0.919. The Balaban J connectivity index is 2.04. The van der Waals surface area contributed by atoms with Crippen molar-refractivity contribution in [2.24, 2.45) is 0 Å². The van der Waals surface area contributed by atoms with E-state index in [0.717, 1.165) is 32.7 Å². The Bertz CT molecular complexity index is 443. The first-order valence-electron chi connectivity index (χ1n) is 6.68. The monoisotopic (exact) mass is 288 g/mol. The van der Waals surface area contributed by atoms with Crippen molar-refractivity contribution >= 4 is 0 Å². The normalized spacial score (nSPS) is 17.2. The van der Waals surface area contributed by atoms with Gasteiger partial charge in [0.05, 0.1) is 12.7 Å². The number of nitrogens with zero attached hydrogens (tertiary/aromatic N) is 1. The third kappa shape index (κ3) is 3.86. The number of methoxy groups -OCH3 is 1. The molecule has 0 aliphatic carbocycles. The summed E-state index contributed by atoms with van der Waals surface area (Å²) in [6, 6.07) is 4.30. The van der Waals surface area contributed by atoms with Gasteiger partial charge in [-0.3, -0.25) is 0 Å². The Morgan fingerprint density at radius 1 is 1.25 bits per heavy atom.